The molecule has 4 heteroatoms. The fourth-order valence-corrected chi connectivity index (χ4v) is 0.796. The molecule has 0 radical (unpaired) electrons. The SMILES string of the molecule is C.OB(O)c1ccc(S)cc1. The highest BCUT2D eigenvalue weighted by atomic mass is 32.1. The molecule has 1 aromatic rings. The Bertz CT molecular complexity index is 210. The van der Waals surface area contributed by atoms with Crippen LogP contribution in [-0.4, -0.2) is 17.2 Å². The van der Waals surface area contributed by atoms with E-state index < -0.39 is 7.12 Å². The van der Waals surface area contributed by atoms with Crippen molar-refractivity contribution in [3.05, 3.63) is 24.3 Å². The number of hydrogen-bond donors (Lipinski definition) is 3. The molecule has 0 aromatic heterocycles. The van der Waals surface area contributed by atoms with E-state index in [1.54, 1.807) is 24.3 Å². The summed E-state index contributed by atoms with van der Waals surface area (Å²) in [7, 11) is -1.38. The van der Waals surface area contributed by atoms with Gasteiger partial charge in [-0.3, -0.25) is 0 Å². The zero-order chi connectivity index (χ0) is 7.56. The summed E-state index contributed by atoms with van der Waals surface area (Å²) in [6, 6.07) is 6.65. The van der Waals surface area contributed by atoms with Crippen LogP contribution in [0.25, 0.3) is 0 Å². The first-order valence-electron chi connectivity index (χ1n) is 2.85. The molecule has 2 nitrogen and oxygen atoms in total. The lowest BCUT2D eigenvalue weighted by molar-refractivity contribution is 0.426. The Morgan fingerprint density at radius 2 is 1.55 bits per heavy atom. The summed E-state index contributed by atoms with van der Waals surface area (Å²) < 4.78 is 0. The van der Waals surface area contributed by atoms with Gasteiger partial charge >= 0.3 is 7.12 Å². The largest absolute Gasteiger partial charge is 0.488 e. The fraction of sp³-hybridized carbons (Fsp3) is 0.143. The lowest BCUT2D eigenvalue weighted by Crippen LogP contribution is -2.29. The molecule has 0 amide bonds. The van der Waals surface area contributed by atoms with Crippen LogP contribution in [0.15, 0.2) is 29.2 Å². The molecule has 0 fully saturated rings. The second-order valence-corrected chi connectivity index (χ2v) is 2.48. The zero-order valence-electron chi connectivity index (χ0n) is 5.23. The summed E-state index contributed by atoms with van der Waals surface area (Å²) >= 11 is 4.04. The molecular weight excluding hydrogens is 159 g/mol. The van der Waals surface area contributed by atoms with Crippen LogP contribution in [0.5, 0.6) is 0 Å². The van der Waals surface area contributed by atoms with Gasteiger partial charge in [0.2, 0.25) is 0 Å². The third-order valence-electron chi connectivity index (χ3n) is 1.19. The van der Waals surface area contributed by atoms with Crippen molar-refractivity contribution in [3.63, 3.8) is 0 Å². The van der Waals surface area contributed by atoms with Crippen LogP contribution < -0.4 is 5.46 Å². The van der Waals surface area contributed by atoms with Gasteiger partial charge in [-0.1, -0.05) is 19.6 Å². The van der Waals surface area contributed by atoms with Gasteiger partial charge in [0.05, 0.1) is 0 Å². The highest BCUT2D eigenvalue weighted by Gasteiger charge is 2.08. The average Bonchev–Trinajstić information content (AvgIpc) is 1.88. The zero-order valence-corrected chi connectivity index (χ0v) is 6.12. The van der Waals surface area contributed by atoms with E-state index in [1.165, 1.54) is 0 Å². The number of thiol groups is 1. The van der Waals surface area contributed by atoms with E-state index in [-0.39, 0.29) is 7.43 Å². The second kappa shape index (κ2) is 4.44. The first-order chi connectivity index (χ1) is 4.70. The molecule has 0 saturated heterocycles. The minimum absolute atomic E-state index is 0. The van der Waals surface area contributed by atoms with Gasteiger partial charge in [0.15, 0.2) is 0 Å². The minimum atomic E-state index is -1.38. The Labute approximate surface area is 72.4 Å². The van der Waals surface area contributed by atoms with E-state index in [0.717, 1.165) is 4.90 Å². The number of benzene rings is 1. The Hall–Kier alpha value is -0.445. The average molecular weight is 170 g/mol. The lowest BCUT2D eigenvalue weighted by Gasteiger charge is -1.97. The Balaban J connectivity index is 0.000001000. The first-order valence-corrected chi connectivity index (χ1v) is 3.30. The maximum absolute atomic E-state index is 8.65. The highest BCUT2D eigenvalue weighted by molar-refractivity contribution is 7.80. The molecule has 0 aliphatic rings. The van der Waals surface area contributed by atoms with Crippen molar-refractivity contribution in [2.24, 2.45) is 0 Å². The van der Waals surface area contributed by atoms with Crippen molar-refractivity contribution in [1.29, 1.82) is 0 Å². The maximum Gasteiger partial charge on any atom is 0.488 e. The van der Waals surface area contributed by atoms with Gasteiger partial charge in [-0.25, -0.2) is 0 Å². The molecule has 0 bridgehead atoms. The van der Waals surface area contributed by atoms with E-state index in [0.29, 0.717) is 5.46 Å². The molecule has 0 atom stereocenters. The quantitative estimate of drug-likeness (QED) is 0.418. The van der Waals surface area contributed by atoms with Crippen molar-refractivity contribution >= 4 is 25.2 Å². The topological polar surface area (TPSA) is 40.5 Å². The van der Waals surface area contributed by atoms with Crippen molar-refractivity contribution in [2.75, 3.05) is 0 Å². The molecular formula is C7H11BO2S. The Morgan fingerprint density at radius 1 is 1.09 bits per heavy atom. The van der Waals surface area contributed by atoms with Crippen LogP contribution in [0.4, 0.5) is 0 Å². The summed E-state index contributed by atoms with van der Waals surface area (Å²) in [4.78, 5) is 0.810. The predicted molar refractivity (Wildman–Crippen MR) is 50.3 cm³/mol. The van der Waals surface area contributed by atoms with Gasteiger partial charge in [0.25, 0.3) is 0 Å². The monoisotopic (exact) mass is 170 g/mol. The van der Waals surface area contributed by atoms with Crippen molar-refractivity contribution in [2.45, 2.75) is 12.3 Å². The van der Waals surface area contributed by atoms with Crippen LogP contribution in [0, 0.1) is 0 Å². The highest BCUT2D eigenvalue weighted by Crippen LogP contribution is 2.00. The molecule has 0 aliphatic heterocycles. The van der Waals surface area contributed by atoms with Gasteiger partial charge in [0.1, 0.15) is 0 Å². The van der Waals surface area contributed by atoms with Gasteiger partial charge in [-0.05, 0) is 17.6 Å². The molecule has 1 rings (SSSR count). The van der Waals surface area contributed by atoms with Crippen LogP contribution in [0.3, 0.4) is 0 Å². The molecule has 0 aliphatic carbocycles. The molecule has 0 spiro atoms. The summed E-state index contributed by atoms with van der Waals surface area (Å²) in [5.41, 5.74) is 0.484. The van der Waals surface area contributed by atoms with Crippen molar-refractivity contribution in [1.82, 2.24) is 0 Å². The molecule has 0 saturated carbocycles. The summed E-state index contributed by atoms with van der Waals surface area (Å²) in [5.74, 6) is 0. The van der Waals surface area contributed by atoms with Crippen molar-refractivity contribution in [3.8, 4) is 0 Å². The van der Waals surface area contributed by atoms with E-state index in [1.807, 2.05) is 0 Å². The summed E-state index contributed by atoms with van der Waals surface area (Å²) in [5, 5.41) is 17.3. The normalized spacial score (nSPS) is 8.64. The summed E-state index contributed by atoms with van der Waals surface area (Å²) in [6.07, 6.45) is 0. The smallest absolute Gasteiger partial charge is 0.423 e. The predicted octanol–water partition coefficient (Wildman–Crippen LogP) is 0.291. The first kappa shape index (κ1) is 10.6. The third-order valence-corrected chi connectivity index (χ3v) is 1.49. The van der Waals surface area contributed by atoms with Gasteiger partial charge in [-0.15, -0.1) is 12.6 Å². The standard InChI is InChI=1S/C6H7BO2S.CH4/c8-7(9)5-1-3-6(10)4-2-5;/h1-4,8-10H;1H4. The molecule has 0 unspecified atom stereocenters. The second-order valence-electron chi connectivity index (χ2n) is 1.97. The number of rotatable bonds is 1. The maximum atomic E-state index is 8.65. The Kier molecular flexibility index (Phi) is 4.26. The Morgan fingerprint density at radius 3 is 1.91 bits per heavy atom. The minimum Gasteiger partial charge on any atom is -0.423 e. The molecule has 11 heavy (non-hydrogen) atoms. The molecule has 1 aromatic carbocycles. The third kappa shape index (κ3) is 2.97. The van der Waals surface area contributed by atoms with Crippen LogP contribution in [0.2, 0.25) is 0 Å². The van der Waals surface area contributed by atoms with Crippen LogP contribution in [-0.2, 0) is 0 Å². The molecule has 2 N–H and O–H groups in total. The molecule has 0 heterocycles. The van der Waals surface area contributed by atoms with Crippen molar-refractivity contribution < 1.29 is 10.0 Å². The fourth-order valence-electron chi connectivity index (χ4n) is 0.646. The van der Waals surface area contributed by atoms with E-state index in [2.05, 4.69) is 12.6 Å². The van der Waals surface area contributed by atoms with E-state index in [4.69, 9.17) is 10.0 Å². The van der Waals surface area contributed by atoms with E-state index in [9.17, 15) is 0 Å². The number of hydrogen-bond acceptors (Lipinski definition) is 3. The van der Waals surface area contributed by atoms with Crippen LogP contribution >= 0.6 is 12.6 Å². The van der Waals surface area contributed by atoms with E-state index >= 15 is 0 Å². The molecule has 60 valence electrons. The van der Waals surface area contributed by atoms with Gasteiger partial charge < -0.3 is 10.0 Å². The summed E-state index contributed by atoms with van der Waals surface area (Å²) in [6.45, 7) is 0. The van der Waals surface area contributed by atoms with Gasteiger partial charge in [-0.2, -0.15) is 0 Å². The lowest BCUT2D eigenvalue weighted by atomic mass is 9.81. The van der Waals surface area contributed by atoms with Crippen LogP contribution in [0.1, 0.15) is 7.43 Å². The van der Waals surface area contributed by atoms with Gasteiger partial charge in [0, 0.05) is 4.90 Å².